The van der Waals surface area contributed by atoms with Gasteiger partial charge in [0.1, 0.15) is 11.5 Å². The Morgan fingerprint density at radius 1 is 0.943 bits per heavy atom. The smallest absolute Gasteiger partial charge is 0.351 e. The number of fused-ring (bicyclic) bond motifs is 2. The topological polar surface area (TPSA) is 39.0 Å². The first-order valence-corrected chi connectivity index (χ1v) is 11.0. The predicted octanol–water partition coefficient (Wildman–Crippen LogP) is 7.24. The number of aryl methyl sites for hydroxylation is 1. The molecule has 0 bridgehead atoms. The van der Waals surface area contributed by atoms with Gasteiger partial charge in [0.05, 0.1) is 5.56 Å². The molecule has 0 fully saturated rings. The maximum Gasteiger partial charge on any atom is 0.416 e. The van der Waals surface area contributed by atoms with E-state index in [2.05, 4.69) is 5.32 Å². The van der Waals surface area contributed by atoms with E-state index < -0.39 is 23.5 Å². The maximum absolute atomic E-state index is 13.9. The number of halogens is 5. The summed E-state index contributed by atoms with van der Waals surface area (Å²) in [4.78, 5) is 13.3. The number of aromatic nitrogens is 2. The summed E-state index contributed by atoms with van der Waals surface area (Å²) >= 11 is 6.22. The van der Waals surface area contributed by atoms with E-state index >= 15 is 0 Å². The van der Waals surface area contributed by atoms with Gasteiger partial charge < -0.3 is 14.5 Å². The summed E-state index contributed by atoms with van der Waals surface area (Å²) in [5.74, 6) is -0.978. The number of nitrogens with one attached hydrogen (secondary N) is 1. The highest BCUT2D eigenvalue weighted by Gasteiger charge is 2.31. The molecule has 2 aromatic heterocycles. The van der Waals surface area contributed by atoms with Crippen molar-refractivity contribution in [1.82, 2.24) is 9.13 Å². The average Bonchev–Trinajstić information content (AvgIpc) is 3.34. The number of hydrogen-bond donors (Lipinski definition) is 1. The van der Waals surface area contributed by atoms with E-state index in [-0.39, 0.29) is 22.8 Å². The van der Waals surface area contributed by atoms with Gasteiger partial charge in [0.2, 0.25) is 0 Å². The van der Waals surface area contributed by atoms with Crippen LogP contribution < -0.4 is 5.32 Å². The summed E-state index contributed by atoms with van der Waals surface area (Å²) < 4.78 is 57.2. The molecule has 0 saturated heterocycles. The lowest BCUT2D eigenvalue weighted by molar-refractivity contribution is -0.137. The molecule has 0 unspecified atom stereocenters. The van der Waals surface area contributed by atoms with E-state index in [1.54, 1.807) is 6.07 Å². The van der Waals surface area contributed by atoms with E-state index in [0.717, 1.165) is 23.0 Å². The zero-order chi connectivity index (χ0) is 24.9. The Labute approximate surface area is 202 Å². The molecule has 0 saturated carbocycles. The van der Waals surface area contributed by atoms with Gasteiger partial charge in [-0.25, -0.2) is 4.39 Å². The monoisotopic (exact) mass is 499 g/mol. The molecule has 1 amide bonds. The van der Waals surface area contributed by atoms with Crippen molar-refractivity contribution in [2.75, 3.05) is 5.32 Å². The standard InChI is InChI=1S/C26H18ClF4N3O/c1-33-9-8-15-12-20(4-7-22(15)33)32-25(35)24-13-16-11-19(28)3-6-23(16)34(24)14-17-10-18(26(29,30)31)2-5-21(17)27/h2-13H,14H2,1H3,(H,32,35). The third kappa shape index (κ3) is 4.37. The number of carbonyl (C=O) groups is 1. The molecule has 0 aliphatic carbocycles. The van der Waals surface area contributed by atoms with Crippen molar-refractivity contribution in [3.63, 3.8) is 0 Å². The first kappa shape index (κ1) is 23.0. The highest BCUT2D eigenvalue weighted by atomic mass is 35.5. The number of carbonyl (C=O) groups excluding carboxylic acids is 1. The molecular formula is C26H18ClF4N3O. The van der Waals surface area contributed by atoms with E-state index in [9.17, 15) is 22.4 Å². The van der Waals surface area contributed by atoms with Crippen molar-refractivity contribution in [2.24, 2.45) is 7.05 Å². The van der Waals surface area contributed by atoms with Crippen LogP contribution >= 0.6 is 11.6 Å². The van der Waals surface area contributed by atoms with Gasteiger partial charge in [-0.05, 0) is 72.3 Å². The minimum Gasteiger partial charge on any atom is -0.351 e. The summed E-state index contributed by atoms with van der Waals surface area (Å²) in [6, 6.07) is 15.9. The molecule has 5 rings (SSSR count). The number of anilines is 1. The molecule has 178 valence electrons. The average molecular weight is 500 g/mol. The van der Waals surface area contributed by atoms with Crippen molar-refractivity contribution in [3.05, 3.63) is 101 Å². The Balaban J connectivity index is 1.56. The van der Waals surface area contributed by atoms with Crippen LogP contribution in [-0.2, 0) is 19.8 Å². The second-order valence-corrected chi connectivity index (χ2v) is 8.68. The molecule has 0 atom stereocenters. The van der Waals surface area contributed by atoms with Crippen LogP contribution in [0.1, 0.15) is 21.6 Å². The third-order valence-electron chi connectivity index (χ3n) is 5.94. The fourth-order valence-corrected chi connectivity index (χ4v) is 4.37. The van der Waals surface area contributed by atoms with Crippen LogP contribution in [0.4, 0.5) is 23.2 Å². The van der Waals surface area contributed by atoms with Crippen LogP contribution in [0.25, 0.3) is 21.8 Å². The SMILES string of the molecule is Cn1ccc2cc(NC(=O)c3cc4cc(F)ccc4n3Cc3cc(C(F)(F)F)ccc3Cl)ccc21. The van der Waals surface area contributed by atoms with Gasteiger partial charge in [0, 0.05) is 52.3 Å². The van der Waals surface area contributed by atoms with Crippen molar-refractivity contribution >= 4 is 45.0 Å². The lowest BCUT2D eigenvalue weighted by atomic mass is 10.1. The number of rotatable bonds is 4. The first-order valence-electron chi connectivity index (χ1n) is 10.6. The van der Waals surface area contributed by atoms with Crippen molar-refractivity contribution in [2.45, 2.75) is 12.7 Å². The van der Waals surface area contributed by atoms with Gasteiger partial charge in [-0.3, -0.25) is 4.79 Å². The normalized spacial score (nSPS) is 11.9. The fourth-order valence-electron chi connectivity index (χ4n) is 4.20. The molecule has 2 heterocycles. The quantitative estimate of drug-likeness (QED) is 0.260. The lowest BCUT2D eigenvalue weighted by Gasteiger charge is -2.15. The van der Waals surface area contributed by atoms with Crippen molar-refractivity contribution in [3.8, 4) is 0 Å². The zero-order valence-electron chi connectivity index (χ0n) is 18.3. The Morgan fingerprint density at radius 2 is 1.71 bits per heavy atom. The van der Waals surface area contributed by atoms with Gasteiger partial charge >= 0.3 is 6.18 Å². The van der Waals surface area contributed by atoms with Crippen molar-refractivity contribution < 1.29 is 22.4 Å². The summed E-state index contributed by atoms with van der Waals surface area (Å²) in [5.41, 5.74) is 1.53. The van der Waals surface area contributed by atoms with Gasteiger partial charge in [-0.2, -0.15) is 13.2 Å². The Hall–Kier alpha value is -3.78. The number of benzene rings is 3. The minimum absolute atomic E-state index is 0.113. The number of alkyl halides is 3. The van der Waals surface area contributed by atoms with Crippen LogP contribution in [0.2, 0.25) is 5.02 Å². The summed E-state index contributed by atoms with van der Waals surface area (Å²) in [7, 11) is 1.91. The molecule has 0 aliphatic heterocycles. The van der Waals surface area contributed by atoms with Gasteiger partial charge in [-0.15, -0.1) is 0 Å². The molecule has 9 heteroatoms. The van der Waals surface area contributed by atoms with Gasteiger partial charge in [0.15, 0.2) is 0 Å². The molecule has 0 aliphatic rings. The van der Waals surface area contributed by atoms with Crippen molar-refractivity contribution in [1.29, 1.82) is 0 Å². The summed E-state index contributed by atoms with van der Waals surface area (Å²) in [6.07, 6.45) is -2.64. The molecule has 0 spiro atoms. The summed E-state index contributed by atoms with van der Waals surface area (Å²) in [6.45, 7) is -0.113. The van der Waals surface area contributed by atoms with Crippen LogP contribution in [0.3, 0.4) is 0 Å². The van der Waals surface area contributed by atoms with E-state index in [1.165, 1.54) is 34.9 Å². The molecule has 4 nitrogen and oxygen atoms in total. The van der Waals surface area contributed by atoms with Crippen LogP contribution in [-0.4, -0.2) is 15.0 Å². The summed E-state index contributed by atoms with van der Waals surface area (Å²) in [5, 5.41) is 4.34. The maximum atomic E-state index is 13.9. The molecule has 35 heavy (non-hydrogen) atoms. The second-order valence-electron chi connectivity index (χ2n) is 8.28. The van der Waals surface area contributed by atoms with E-state index in [1.807, 2.05) is 36.0 Å². The molecular weight excluding hydrogens is 482 g/mol. The number of nitrogens with zero attached hydrogens (tertiary/aromatic N) is 2. The predicted molar refractivity (Wildman–Crippen MR) is 128 cm³/mol. The van der Waals surface area contributed by atoms with Gasteiger partial charge in [-0.1, -0.05) is 11.6 Å². The molecule has 1 N–H and O–H groups in total. The Morgan fingerprint density at radius 3 is 2.49 bits per heavy atom. The van der Waals surface area contributed by atoms with Crippen LogP contribution in [0.15, 0.2) is 72.9 Å². The largest absolute Gasteiger partial charge is 0.416 e. The number of amides is 1. The van der Waals surface area contributed by atoms with Gasteiger partial charge in [0.25, 0.3) is 5.91 Å². The number of hydrogen-bond acceptors (Lipinski definition) is 1. The molecule has 0 radical (unpaired) electrons. The first-order chi connectivity index (χ1) is 16.6. The third-order valence-corrected chi connectivity index (χ3v) is 6.31. The lowest BCUT2D eigenvalue weighted by Crippen LogP contribution is -2.18. The van der Waals surface area contributed by atoms with E-state index in [0.29, 0.717) is 16.6 Å². The molecule has 5 aromatic rings. The zero-order valence-corrected chi connectivity index (χ0v) is 19.1. The Bertz CT molecular complexity index is 1600. The Kier molecular flexibility index (Phi) is 5.56. The highest BCUT2D eigenvalue weighted by Crippen LogP contribution is 2.33. The van der Waals surface area contributed by atoms with Crippen LogP contribution in [0.5, 0.6) is 0 Å². The fraction of sp³-hybridized carbons (Fsp3) is 0.115. The minimum atomic E-state index is -4.54. The van der Waals surface area contributed by atoms with Crippen LogP contribution in [0, 0.1) is 5.82 Å². The van der Waals surface area contributed by atoms with E-state index in [4.69, 9.17) is 11.6 Å². The highest BCUT2D eigenvalue weighted by molar-refractivity contribution is 6.31. The molecule has 3 aromatic carbocycles. The second kappa shape index (κ2) is 8.46.